The molecule has 1 aromatic heterocycles. The van der Waals surface area contributed by atoms with E-state index in [9.17, 15) is 4.39 Å². The van der Waals surface area contributed by atoms with Crippen molar-refractivity contribution in [3.63, 3.8) is 0 Å². The zero-order chi connectivity index (χ0) is 15.1. The first-order chi connectivity index (χ1) is 10.2. The van der Waals surface area contributed by atoms with E-state index in [-0.39, 0.29) is 11.8 Å². The van der Waals surface area contributed by atoms with Gasteiger partial charge in [0.05, 0.1) is 6.61 Å². The van der Waals surface area contributed by atoms with Crippen LogP contribution in [0.5, 0.6) is 6.01 Å². The summed E-state index contributed by atoms with van der Waals surface area (Å²) in [6, 6.07) is 6.78. The second-order valence-electron chi connectivity index (χ2n) is 4.25. The number of anilines is 2. The highest BCUT2D eigenvalue weighted by Gasteiger charge is 2.06. The molecule has 0 spiro atoms. The average molecular weight is 291 g/mol. The van der Waals surface area contributed by atoms with E-state index >= 15 is 0 Å². The van der Waals surface area contributed by atoms with E-state index < -0.39 is 0 Å². The Labute approximate surface area is 122 Å². The highest BCUT2D eigenvalue weighted by Crippen LogP contribution is 2.11. The fourth-order valence-electron chi connectivity index (χ4n) is 1.75. The minimum Gasteiger partial charge on any atom is -0.464 e. The Balaban J connectivity index is 1.97. The molecule has 0 saturated heterocycles. The molecule has 0 fully saturated rings. The lowest BCUT2D eigenvalue weighted by molar-refractivity contribution is 0.312. The van der Waals surface area contributed by atoms with Crippen LogP contribution >= 0.6 is 0 Å². The Hall–Kier alpha value is -2.44. The van der Waals surface area contributed by atoms with Crippen LogP contribution in [0.3, 0.4) is 0 Å². The highest BCUT2D eigenvalue weighted by atomic mass is 19.1. The number of ether oxygens (including phenoxy) is 1. The van der Waals surface area contributed by atoms with Gasteiger partial charge in [0, 0.05) is 13.6 Å². The molecule has 6 nitrogen and oxygen atoms in total. The molecule has 2 N–H and O–H groups in total. The van der Waals surface area contributed by atoms with E-state index in [0.717, 1.165) is 5.56 Å². The van der Waals surface area contributed by atoms with E-state index in [1.54, 1.807) is 13.1 Å². The van der Waals surface area contributed by atoms with Crippen LogP contribution in [0.4, 0.5) is 16.3 Å². The maximum absolute atomic E-state index is 13.1. The lowest BCUT2D eigenvalue weighted by Crippen LogP contribution is -2.11. The smallest absolute Gasteiger partial charge is 0.323 e. The Morgan fingerprint density at radius 2 is 2.00 bits per heavy atom. The maximum atomic E-state index is 13.1. The van der Waals surface area contributed by atoms with Crippen LogP contribution in [0, 0.1) is 5.82 Å². The molecule has 0 saturated carbocycles. The van der Waals surface area contributed by atoms with Gasteiger partial charge >= 0.3 is 6.01 Å². The first kappa shape index (κ1) is 15.0. The van der Waals surface area contributed by atoms with Crippen LogP contribution < -0.4 is 15.4 Å². The number of nitrogens with zero attached hydrogens (tertiary/aromatic N) is 3. The van der Waals surface area contributed by atoms with Gasteiger partial charge in [-0.05, 0) is 31.0 Å². The van der Waals surface area contributed by atoms with Gasteiger partial charge < -0.3 is 15.4 Å². The molecular formula is C14H18FN5O. The van der Waals surface area contributed by atoms with Crippen LogP contribution in [-0.2, 0) is 6.42 Å². The monoisotopic (exact) mass is 291 g/mol. The zero-order valence-corrected chi connectivity index (χ0v) is 12.1. The minimum atomic E-state index is -0.233. The molecule has 0 atom stereocenters. The molecule has 0 bridgehead atoms. The SMILES string of the molecule is CCOc1nc(NC)nc(NCCc2cccc(F)c2)n1. The van der Waals surface area contributed by atoms with Crippen molar-refractivity contribution in [3.8, 4) is 6.01 Å². The van der Waals surface area contributed by atoms with Crippen LogP contribution in [0.15, 0.2) is 24.3 Å². The molecule has 1 heterocycles. The third-order valence-corrected chi connectivity index (χ3v) is 2.70. The van der Waals surface area contributed by atoms with Gasteiger partial charge in [0.2, 0.25) is 11.9 Å². The normalized spacial score (nSPS) is 10.2. The Morgan fingerprint density at radius 1 is 1.19 bits per heavy atom. The number of nitrogens with one attached hydrogen (secondary N) is 2. The average Bonchev–Trinajstić information content (AvgIpc) is 2.47. The predicted octanol–water partition coefficient (Wildman–Crippen LogP) is 2.11. The van der Waals surface area contributed by atoms with Crippen LogP contribution in [-0.4, -0.2) is 35.2 Å². The predicted molar refractivity (Wildman–Crippen MR) is 79.1 cm³/mol. The van der Waals surface area contributed by atoms with E-state index in [4.69, 9.17) is 4.74 Å². The molecule has 0 aliphatic carbocycles. The Bertz CT molecular complexity index is 593. The second kappa shape index (κ2) is 7.37. The third-order valence-electron chi connectivity index (χ3n) is 2.70. The number of halogens is 1. The molecule has 0 unspecified atom stereocenters. The molecule has 7 heteroatoms. The summed E-state index contributed by atoms with van der Waals surface area (Å²) in [5.41, 5.74) is 0.912. The van der Waals surface area contributed by atoms with Gasteiger partial charge in [-0.2, -0.15) is 15.0 Å². The van der Waals surface area contributed by atoms with Gasteiger partial charge in [0.15, 0.2) is 0 Å². The zero-order valence-electron chi connectivity index (χ0n) is 12.1. The van der Waals surface area contributed by atoms with E-state index in [2.05, 4.69) is 25.6 Å². The van der Waals surface area contributed by atoms with Crippen molar-refractivity contribution >= 4 is 11.9 Å². The molecule has 112 valence electrons. The lowest BCUT2D eigenvalue weighted by atomic mass is 10.1. The minimum absolute atomic E-state index is 0.233. The summed E-state index contributed by atoms with van der Waals surface area (Å²) in [6.45, 7) is 2.93. The molecule has 2 rings (SSSR count). The quantitative estimate of drug-likeness (QED) is 0.814. The van der Waals surface area contributed by atoms with Crippen molar-refractivity contribution in [2.45, 2.75) is 13.3 Å². The first-order valence-corrected chi connectivity index (χ1v) is 6.76. The molecule has 2 aromatic rings. The van der Waals surface area contributed by atoms with Gasteiger partial charge in [0.1, 0.15) is 5.82 Å². The molecule has 0 amide bonds. The third kappa shape index (κ3) is 4.55. The number of aromatic nitrogens is 3. The molecule has 1 aromatic carbocycles. The Morgan fingerprint density at radius 3 is 2.71 bits per heavy atom. The standard InChI is InChI=1S/C14H18FN5O/c1-3-21-14-19-12(16-2)18-13(20-14)17-8-7-10-5-4-6-11(15)9-10/h4-6,9H,3,7-8H2,1-2H3,(H2,16,17,18,19,20). The van der Waals surface area contributed by atoms with Gasteiger partial charge in [-0.3, -0.25) is 0 Å². The maximum Gasteiger partial charge on any atom is 0.323 e. The Kier molecular flexibility index (Phi) is 5.25. The summed E-state index contributed by atoms with van der Waals surface area (Å²) >= 11 is 0. The summed E-state index contributed by atoms with van der Waals surface area (Å²) in [7, 11) is 1.72. The van der Waals surface area contributed by atoms with E-state index in [1.165, 1.54) is 12.1 Å². The summed E-state index contributed by atoms with van der Waals surface area (Å²) in [5.74, 6) is 0.625. The van der Waals surface area contributed by atoms with Crippen molar-refractivity contribution in [1.82, 2.24) is 15.0 Å². The van der Waals surface area contributed by atoms with Crippen molar-refractivity contribution in [3.05, 3.63) is 35.6 Å². The van der Waals surface area contributed by atoms with E-state index in [1.807, 2.05) is 13.0 Å². The number of hydrogen-bond donors (Lipinski definition) is 2. The van der Waals surface area contributed by atoms with Gasteiger partial charge in [-0.15, -0.1) is 0 Å². The van der Waals surface area contributed by atoms with Gasteiger partial charge in [-0.25, -0.2) is 4.39 Å². The summed E-state index contributed by atoms with van der Waals surface area (Å²) in [6.07, 6.45) is 0.669. The van der Waals surface area contributed by atoms with Gasteiger partial charge in [0.25, 0.3) is 0 Å². The van der Waals surface area contributed by atoms with Crippen molar-refractivity contribution in [2.75, 3.05) is 30.8 Å². The largest absolute Gasteiger partial charge is 0.464 e. The molecule has 0 aliphatic rings. The molecule has 0 aliphatic heterocycles. The van der Waals surface area contributed by atoms with Crippen LogP contribution in [0.2, 0.25) is 0 Å². The van der Waals surface area contributed by atoms with E-state index in [0.29, 0.717) is 31.5 Å². The molecule has 21 heavy (non-hydrogen) atoms. The van der Waals surface area contributed by atoms with Gasteiger partial charge in [-0.1, -0.05) is 12.1 Å². The lowest BCUT2D eigenvalue weighted by Gasteiger charge is -2.08. The fourth-order valence-corrected chi connectivity index (χ4v) is 1.75. The van der Waals surface area contributed by atoms with Crippen molar-refractivity contribution in [1.29, 1.82) is 0 Å². The van der Waals surface area contributed by atoms with Crippen molar-refractivity contribution < 1.29 is 9.13 Å². The highest BCUT2D eigenvalue weighted by molar-refractivity contribution is 5.35. The fraction of sp³-hybridized carbons (Fsp3) is 0.357. The summed E-state index contributed by atoms with van der Waals surface area (Å²) in [5, 5.41) is 5.93. The molecular weight excluding hydrogens is 273 g/mol. The molecule has 0 radical (unpaired) electrons. The van der Waals surface area contributed by atoms with Crippen molar-refractivity contribution in [2.24, 2.45) is 0 Å². The van der Waals surface area contributed by atoms with Crippen LogP contribution in [0.1, 0.15) is 12.5 Å². The summed E-state index contributed by atoms with van der Waals surface area (Å²) < 4.78 is 18.4. The number of hydrogen-bond acceptors (Lipinski definition) is 6. The van der Waals surface area contributed by atoms with Crippen LogP contribution in [0.25, 0.3) is 0 Å². The second-order valence-corrected chi connectivity index (χ2v) is 4.25. The number of benzene rings is 1. The summed E-state index contributed by atoms with van der Waals surface area (Å²) in [4.78, 5) is 12.4. The number of rotatable bonds is 7. The topological polar surface area (TPSA) is 72.0 Å². The first-order valence-electron chi connectivity index (χ1n) is 6.76.